The van der Waals surface area contributed by atoms with Gasteiger partial charge in [0.25, 0.3) is 0 Å². The molecule has 4 rings (SSSR count). The summed E-state index contributed by atoms with van der Waals surface area (Å²) in [6.45, 7) is 1.64. The average molecular weight is 411 g/mol. The zero-order valence-electron chi connectivity index (χ0n) is 15.3. The number of ether oxygens (including phenoxy) is 3. The van der Waals surface area contributed by atoms with Crippen LogP contribution < -0.4 is 14.2 Å². The van der Waals surface area contributed by atoms with Crippen LogP contribution in [0.5, 0.6) is 17.2 Å². The fourth-order valence-corrected chi connectivity index (χ4v) is 3.30. The van der Waals surface area contributed by atoms with Crippen molar-refractivity contribution < 1.29 is 27.8 Å². The highest BCUT2D eigenvalue weighted by Crippen LogP contribution is 2.36. The van der Waals surface area contributed by atoms with Crippen LogP contribution >= 0.6 is 11.6 Å². The van der Waals surface area contributed by atoms with E-state index in [1.165, 1.54) is 24.3 Å². The van der Waals surface area contributed by atoms with Crippen LogP contribution in [0.15, 0.2) is 24.3 Å². The minimum absolute atomic E-state index is 0.288. The van der Waals surface area contributed by atoms with Crippen molar-refractivity contribution in [3.8, 4) is 17.2 Å². The number of benzene rings is 2. The van der Waals surface area contributed by atoms with E-state index in [1.807, 2.05) is 0 Å². The summed E-state index contributed by atoms with van der Waals surface area (Å²) in [5, 5.41) is 0. The topological polar surface area (TPSA) is 44.8 Å². The van der Waals surface area contributed by atoms with Crippen LogP contribution in [0, 0.1) is 11.6 Å². The van der Waals surface area contributed by atoms with Crippen molar-refractivity contribution >= 4 is 17.9 Å². The second kappa shape index (κ2) is 9.73. The zero-order valence-corrected chi connectivity index (χ0v) is 16.1. The number of carbonyl (C=O) groups excluding carboxylic acids is 1. The molecule has 0 aromatic heterocycles. The van der Waals surface area contributed by atoms with Crippen molar-refractivity contribution in [2.75, 3.05) is 25.7 Å². The van der Waals surface area contributed by atoms with Crippen LogP contribution in [0.25, 0.3) is 0 Å². The Kier molecular flexibility index (Phi) is 7.09. The lowest BCUT2D eigenvalue weighted by Crippen LogP contribution is -2.11. The molecule has 2 heterocycles. The lowest BCUT2D eigenvalue weighted by atomic mass is 10.0. The van der Waals surface area contributed by atoms with Crippen molar-refractivity contribution in [1.82, 2.24) is 0 Å². The largest absolute Gasteiger partial charge is 0.493 e. The molecule has 7 heteroatoms. The van der Waals surface area contributed by atoms with Crippen molar-refractivity contribution in [2.24, 2.45) is 0 Å². The van der Waals surface area contributed by atoms with Gasteiger partial charge in [0.15, 0.2) is 17.8 Å². The second-order valence-electron chi connectivity index (χ2n) is 6.43. The molecule has 0 saturated heterocycles. The summed E-state index contributed by atoms with van der Waals surface area (Å²) >= 11 is 5.51. The van der Waals surface area contributed by atoms with Crippen LogP contribution in [-0.2, 0) is 12.8 Å². The van der Waals surface area contributed by atoms with E-state index in [9.17, 15) is 13.6 Å². The molecule has 2 aliphatic heterocycles. The maximum Gasteiger partial charge on any atom is 0.164 e. The number of alkyl halides is 1. The summed E-state index contributed by atoms with van der Waals surface area (Å²) < 4.78 is 42.3. The molecule has 0 atom stereocenters. The summed E-state index contributed by atoms with van der Waals surface area (Å²) in [7, 11) is 0. The quantitative estimate of drug-likeness (QED) is 0.540. The summed E-state index contributed by atoms with van der Waals surface area (Å²) in [6, 6.07) is 5.48. The standard InChI is InChI=1S/C11H12ClFO2.C10H9FO2/c12-3-5-14-10-7-9(13)6-8-2-1-4-15-11(8)10;11-9-4-7-2-1-3-13-10(7)8(5-9)6-12/h6-7H,1-5H2;4-6H,1-3H2. The van der Waals surface area contributed by atoms with Crippen molar-refractivity contribution in [2.45, 2.75) is 25.7 Å². The third kappa shape index (κ3) is 4.93. The molecule has 0 saturated carbocycles. The third-order valence-corrected chi connectivity index (χ3v) is 4.55. The van der Waals surface area contributed by atoms with Crippen molar-refractivity contribution in [1.29, 1.82) is 0 Å². The lowest BCUT2D eigenvalue weighted by Gasteiger charge is -2.20. The molecule has 0 spiro atoms. The van der Waals surface area contributed by atoms with Gasteiger partial charge in [0.05, 0.1) is 24.7 Å². The molecule has 4 nitrogen and oxygen atoms in total. The number of carbonyl (C=O) groups is 1. The second-order valence-corrected chi connectivity index (χ2v) is 6.81. The number of aldehydes is 1. The van der Waals surface area contributed by atoms with Gasteiger partial charge in [-0.3, -0.25) is 4.79 Å². The van der Waals surface area contributed by atoms with E-state index < -0.39 is 0 Å². The molecule has 0 N–H and O–H groups in total. The van der Waals surface area contributed by atoms with E-state index in [4.69, 9.17) is 25.8 Å². The molecule has 2 aliphatic rings. The molecule has 150 valence electrons. The molecular weight excluding hydrogens is 390 g/mol. The number of hydrogen-bond acceptors (Lipinski definition) is 4. The highest BCUT2D eigenvalue weighted by Gasteiger charge is 2.17. The molecule has 0 unspecified atom stereocenters. The smallest absolute Gasteiger partial charge is 0.164 e. The van der Waals surface area contributed by atoms with Gasteiger partial charge in [-0.15, -0.1) is 11.6 Å². The molecule has 2 aromatic carbocycles. The Morgan fingerprint density at radius 2 is 1.57 bits per heavy atom. The Labute approximate surface area is 167 Å². The fourth-order valence-electron chi connectivity index (χ4n) is 3.22. The van der Waals surface area contributed by atoms with Crippen molar-refractivity contribution in [3.05, 3.63) is 52.6 Å². The van der Waals surface area contributed by atoms with Gasteiger partial charge < -0.3 is 14.2 Å². The van der Waals surface area contributed by atoms with Gasteiger partial charge in [0, 0.05) is 11.6 Å². The minimum atomic E-state index is -0.369. The highest BCUT2D eigenvalue weighted by atomic mass is 35.5. The van der Waals surface area contributed by atoms with Crippen LogP contribution in [0.2, 0.25) is 0 Å². The van der Waals surface area contributed by atoms with Crippen LogP contribution in [0.1, 0.15) is 34.3 Å². The van der Waals surface area contributed by atoms with Gasteiger partial charge in [-0.2, -0.15) is 0 Å². The molecule has 28 heavy (non-hydrogen) atoms. The molecule has 2 aromatic rings. The minimum Gasteiger partial charge on any atom is -0.493 e. The number of rotatable bonds is 4. The van der Waals surface area contributed by atoms with Crippen LogP contribution in [0.4, 0.5) is 8.78 Å². The Balaban J connectivity index is 0.000000162. The third-order valence-electron chi connectivity index (χ3n) is 4.39. The summed E-state index contributed by atoms with van der Waals surface area (Å²) in [6.07, 6.45) is 4.06. The van der Waals surface area contributed by atoms with Gasteiger partial charge in [-0.1, -0.05) is 0 Å². The number of hydrogen-bond donors (Lipinski definition) is 0. The highest BCUT2D eigenvalue weighted by molar-refractivity contribution is 6.18. The Morgan fingerprint density at radius 1 is 0.964 bits per heavy atom. The van der Waals surface area contributed by atoms with Gasteiger partial charge >= 0.3 is 0 Å². The van der Waals surface area contributed by atoms with Gasteiger partial charge in [0.1, 0.15) is 24.0 Å². The SMILES string of the molecule is Fc1cc2c(c(OCCCl)c1)OCCC2.O=Cc1cc(F)cc2c1OCCC2. The van der Waals surface area contributed by atoms with Crippen LogP contribution in [-0.4, -0.2) is 32.0 Å². The Bertz CT molecular complexity index is 842. The van der Waals surface area contributed by atoms with Gasteiger partial charge in [-0.05, 0) is 49.4 Å². The predicted octanol–water partition coefficient (Wildman–Crippen LogP) is 4.73. The number of halogens is 3. The average Bonchev–Trinajstić information content (AvgIpc) is 2.71. The monoisotopic (exact) mass is 410 g/mol. The zero-order chi connectivity index (χ0) is 19.9. The molecular formula is C21H21ClF2O4. The van der Waals surface area contributed by atoms with Gasteiger partial charge in [0.2, 0.25) is 0 Å². The first-order valence-corrected chi connectivity index (χ1v) is 9.70. The maximum absolute atomic E-state index is 13.2. The summed E-state index contributed by atoms with van der Waals surface area (Å²) in [4.78, 5) is 10.6. The predicted molar refractivity (Wildman–Crippen MR) is 102 cm³/mol. The first kappa shape index (κ1) is 20.4. The first-order chi connectivity index (χ1) is 13.6. The lowest BCUT2D eigenvalue weighted by molar-refractivity contribution is 0.111. The molecule has 0 bridgehead atoms. The van der Waals surface area contributed by atoms with Crippen molar-refractivity contribution in [3.63, 3.8) is 0 Å². The number of fused-ring (bicyclic) bond motifs is 2. The fraction of sp³-hybridized carbons (Fsp3) is 0.381. The van der Waals surface area contributed by atoms with E-state index in [0.29, 0.717) is 54.8 Å². The van der Waals surface area contributed by atoms with E-state index in [1.54, 1.807) is 0 Å². The molecule has 0 fully saturated rings. The van der Waals surface area contributed by atoms with Crippen LogP contribution in [0.3, 0.4) is 0 Å². The summed E-state index contributed by atoms with van der Waals surface area (Å²) in [5.74, 6) is 1.42. The number of aryl methyl sites for hydroxylation is 2. The maximum atomic E-state index is 13.2. The van der Waals surface area contributed by atoms with Gasteiger partial charge in [-0.25, -0.2) is 8.78 Å². The Hall–Kier alpha value is -2.34. The normalized spacial score (nSPS) is 14.4. The molecule has 0 amide bonds. The molecule has 0 radical (unpaired) electrons. The van der Waals surface area contributed by atoms with E-state index in [-0.39, 0.29) is 11.6 Å². The first-order valence-electron chi connectivity index (χ1n) is 9.16. The van der Waals surface area contributed by atoms with E-state index in [2.05, 4.69) is 0 Å². The van der Waals surface area contributed by atoms with E-state index >= 15 is 0 Å². The summed E-state index contributed by atoms with van der Waals surface area (Å²) in [5.41, 5.74) is 1.99. The Morgan fingerprint density at radius 3 is 2.21 bits per heavy atom. The molecule has 0 aliphatic carbocycles. The van der Waals surface area contributed by atoms with E-state index in [0.717, 1.165) is 36.8 Å².